The number of aliphatic imine (C=N–C) groups is 1. The summed E-state index contributed by atoms with van der Waals surface area (Å²) >= 11 is 0. The van der Waals surface area contributed by atoms with E-state index in [4.69, 9.17) is 15.7 Å². The monoisotopic (exact) mass is 127 g/mol. The molecule has 0 atom stereocenters. The molecule has 0 aliphatic rings. The van der Waals surface area contributed by atoms with Crippen molar-refractivity contribution >= 4 is 6.02 Å². The van der Waals surface area contributed by atoms with Gasteiger partial charge in [0.25, 0.3) is 6.02 Å². The van der Waals surface area contributed by atoms with Crippen molar-refractivity contribution in [2.75, 3.05) is 0 Å². The van der Waals surface area contributed by atoms with Crippen LogP contribution in [0.25, 0.3) is 0 Å². The highest BCUT2D eigenvalue weighted by Crippen LogP contribution is 1.85. The van der Waals surface area contributed by atoms with Crippen LogP contribution in [0.3, 0.4) is 0 Å². The van der Waals surface area contributed by atoms with E-state index in [2.05, 4.69) is 4.99 Å². The first-order chi connectivity index (χ1) is 4.16. The minimum Gasteiger partial charge on any atom is -0.462 e. The number of nitrogens with zero attached hydrogens (tertiary/aromatic N) is 2. The zero-order valence-corrected chi connectivity index (χ0v) is 5.46. The Morgan fingerprint density at radius 2 is 2.33 bits per heavy atom. The van der Waals surface area contributed by atoms with Crippen LogP contribution in [-0.4, -0.2) is 12.1 Å². The van der Waals surface area contributed by atoms with Gasteiger partial charge in [0.15, 0.2) is 0 Å². The molecule has 0 unspecified atom stereocenters. The smallest absolute Gasteiger partial charge is 0.297 e. The van der Waals surface area contributed by atoms with E-state index in [1.54, 1.807) is 13.8 Å². The number of nitriles is 1. The zero-order valence-electron chi connectivity index (χ0n) is 5.46. The van der Waals surface area contributed by atoms with Crippen molar-refractivity contribution in [2.24, 2.45) is 10.7 Å². The molecule has 0 spiro atoms. The van der Waals surface area contributed by atoms with Gasteiger partial charge < -0.3 is 10.5 Å². The molecule has 0 aromatic heterocycles. The third kappa shape index (κ3) is 4.62. The highest BCUT2D eigenvalue weighted by molar-refractivity contribution is 5.72. The maximum atomic E-state index is 7.95. The van der Waals surface area contributed by atoms with Crippen molar-refractivity contribution in [2.45, 2.75) is 20.0 Å². The molecular formula is C5H9N3O. The van der Waals surface area contributed by atoms with Crippen molar-refractivity contribution in [1.29, 1.82) is 5.26 Å². The molecule has 0 amide bonds. The number of nitrogens with two attached hydrogens (primary N) is 1. The fourth-order valence-electron chi connectivity index (χ4n) is 0.317. The van der Waals surface area contributed by atoms with Gasteiger partial charge >= 0.3 is 0 Å². The molecule has 0 heterocycles. The molecule has 0 bridgehead atoms. The van der Waals surface area contributed by atoms with E-state index >= 15 is 0 Å². The van der Waals surface area contributed by atoms with Crippen LogP contribution < -0.4 is 5.73 Å². The van der Waals surface area contributed by atoms with Crippen LogP contribution in [0.15, 0.2) is 4.99 Å². The molecule has 0 fully saturated rings. The first-order valence-electron chi connectivity index (χ1n) is 2.55. The van der Waals surface area contributed by atoms with Gasteiger partial charge in [-0.3, -0.25) is 0 Å². The molecule has 50 valence electrons. The number of ether oxygens (including phenoxy) is 1. The van der Waals surface area contributed by atoms with Gasteiger partial charge in [-0.2, -0.15) is 5.26 Å². The standard InChI is InChI=1S/C5H9N3O/c1-4(2)9-5(7)8-3-6/h4H,1-2H3,(H2,7,8). The average Bonchev–Trinajstić information content (AvgIpc) is 1.63. The largest absolute Gasteiger partial charge is 0.462 e. The van der Waals surface area contributed by atoms with Crippen LogP contribution in [-0.2, 0) is 4.74 Å². The van der Waals surface area contributed by atoms with Crippen LogP contribution in [0.4, 0.5) is 0 Å². The highest BCUT2D eigenvalue weighted by Gasteiger charge is 1.94. The summed E-state index contributed by atoms with van der Waals surface area (Å²) in [5, 5.41) is 7.95. The lowest BCUT2D eigenvalue weighted by Crippen LogP contribution is -2.19. The van der Waals surface area contributed by atoms with Crippen molar-refractivity contribution in [3.8, 4) is 6.19 Å². The minimum atomic E-state index is -0.0764. The van der Waals surface area contributed by atoms with Crippen molar-refractivity contribution in [3.63, 3.8) is 0 Å². The topological polar surface area (TPSA) is 71.4 Å². The summed E-state index contributed by atoms with van der Waals surface area (Å²) in [5.74, 6) is 0. The Bertz CT molecular complexity index is 145. The Labute approximate surface area is 53.9 Å². The fourth-order valence-corrected chi connectivity index (χ4v) is 0.317. The van der Waals surface area contributed by atoms with Gasteiger partial charge in [-0.25, -0.2) is 0 Å². The van der Waals surface area contributed by atoms with Crippen LogP contribution >= 0.6 is 0 Å². The Balaban J connectivity index is 3.66. The second-order valence-corrected chi connectivity index (χ2v) is 1.72. The third-order valence-electron chi connectivity index (χ3n) is 0.517. The average molecular weight is 127 g/mol. The van der Waals surface area contributed by atoms with Crippen LogP contribution in [0, 0.1) is 11.5 Å². The van der Waals surface area contributed by atoms with Gasteiger partial charge in [0.1, 0.15) is 0 Å². The van der Waals surface area contributed by atoms with Crippen LogP contribution in [0.2, 0.25) is 0 Å². The summed E-state index contributed by atoms with van der Waals surface area (Å²) in [5.41, 5.74) is 5.09. The van der Waals surface area contributed by atoms with E-state index in [0.717, 1.165) is 0 Å². The molecule has 4 nitrogen and oxygen atoms in total. The minimum absolute atomic E-state index is 0.0258. The maximum Gasteiger partial charge on any atom is 0.297 e. The normalized spacial score (nSPS) is 11.1. The number of hydrogen-bond acceptors (Lipinski definition) is 3. The molecule has 0 saturated carbocycles. The van der Waals surface area contributed by atoms with E-state index in [9.17, 15) is 0 Å². The lowest BCUT2D eigenvalue weighted by Gasteiger charge is -2.04. The van der Waals surface area contributed by atoms with Gasteiger partial charge in [-0.15, -0.1) is 4.99 Å². The Morgan fingerprint density at radius 3 is 2.67 bits per heavy atom. The lowest BCUT2D eigenvalue weighted by molar-refractivity contribution is 0.225. The van der Waals surface area contributed by atoms with Gasteiger partial charge in [-0.05, 0) is 13.8 Å². The molecule has 0 aromatic carbocycles. The predicted octanol–water partition coefficient (Wildman–Crippen LogP) is 0.207. The van der Waals surface area contributed by atoms with Gasteiger partial charge in [0.05, 0.1) is 6.10 Å². The first kappa shape index (κ1) is 7.76. The third-order valence-corrected chi connectivity index (χ3v) is 0.517. The molecule has 4 heteroatoms. The van der Waals surface area contributed by atoms with E-state index in [0.29, 0.717) is 0 Å². The Hall–Kier alpha value is -1.24. The lowest BCUT2D eigenvalue weighted by atomic mass is 10.5. The van der Waals surface area contributed by atoms with Gasteiger partial charge in [0.2, 0.25) is 6.19 Å². The molecule has 0 saturated heterocycles. The van der Waals surface area contributed by atoms with Crippen molar-refractivity contribution in [3.05, 3.63) is 0 Å². The van der Waals surface area contributed by atoms with Gasteiger partial charge in [-0.1, -0.05) is 0 Å². The summed E-state index contributed by atoms with van der Waals surface area (Å²) in [6, 6.07) is -0.0764. The van der Waals surface area contributed by atoms with Crippen molar-refractivity contribution in [1.82, 2.24) is 0 Å². The summed E-state index contributed by atoms with van der Waals surface area (Å²) < 4.78 is 4.80. The molecule has 0 aliphatic heterocycles. The van der Waals surface area contributed by atoms with E-state index in [1.165, 1.54) is 6.19 Å². The van der Waals surface area contributed by atoms with Crippen LogP contribution in [0.5, 0.6) is 0 Å². The quantitative estimate of drug-likeness (QED) is 0.311. The predicted molar refractivity (Wildman–Crippen MR) is 33.5 cm³/mol. The Morgan fingerprint density at radius 1 is 1.78 bits per heavy atom. The number of rotatable bonds is 1. The zero-order chi connectivity index (χ0) is 7.28. The van der Waals surface area contributed by atoms with Gasteiger partial charge in [0, 0.05) is 0 Å². The first-order valence-corrected chi connectivity index (χ1v) is 2.55. The molecular weight excluding hydrogens is 118 g/mol. The summed E-state index contributed by atoms with van der Waals surface area (Å²) in [4.78, 5) is 3.14. The molecule has 9 heavy (non-hydrogen) atoms. The maximum absolute atomic E-state index is 7.95. The molecule has 0 radical (unpaired) electrons. The SMILES string of the molecule is CC(C)OC(N)=NC#N. The summed E-state index contributed by atoms with van der Waals surface area (Å²) in [7, 11) is 0. The molecule has 0 aliphatic carbocycles. The van der Waals surface area contributed by atoms with Crippen LogP contribution in [0.1, 0.15) is 13.8 Å². The van der Waals surface area contributed by atoms with Crippen molar-refractivity contribution < 1.29 is 4.74 Å². The Kier molecular flexibility index (Phi) is 3.21. The molecule has 2 N–H and O–H groups in total. The highest BCUT2D eigenvalue weighted by atomic mass is 16.5. The second kappa shape index (κ2) is 3.72. The van der Waals surface area contributed by atoms with E-state index in [1.807, 2.05) is 0 Å². The van der Waals surface area contributed by atoms with E-state index in [-0.39, 0.29) is 12.1 Å². The fraction of sp³-hybridized carbons (Fsp3) is 0.600. The molecule has 0 aromatic rings. The summed E-state index contributed by atoms with van der Waals surface area (Å²) in [6.45, 7) is 3.61. The summed E-state index contributed by atoms with van der Waals surface area (Å²) in [6.07, 6.45) is 1.48. The molecule has 0 rings (SSSR count). The van der Waals surface area contributed by atoms with E-state index < -0.39 is 0 Å². The number of hydrogen-bond donors (Lipinski definition) is 1. The second-order valence-electron chi connectivity index (χ2n) is 1.72. The number of amidine groups is 1.